The molecule has 0 radical (unpaired) electrons. The Hall–Kier alpha value is -1.27. The first kappa shape index (κ1) is 22.5. The van der Waals surface area contributed by atoms with E-state index in [0.29, 0.717) is 29.3 Å². The second kappa shape index (κ2) is 8.50. The number of nitrogens with one attached hydrogen (secondary N) is 2. The summed E-state index contributed by atoms with van der Waals surface area (Å²) in [7, 11) is -3.29. The van der Waals surface area contributed by atoms with Crippen molar-refractivity contribution in [1.29, 1.82) is 0 Å². The molecule has 3 atom stereocenters. The molecule has 2 N–H and O–H groups in total. The molecule has 3 unspecified atom stereocenters. The molecule has 1 fully saturated rings. The van der Waals surface area contributed by atoms with Gasteiger partial charge in [-0.2, -0.15) is 0 Å². The number of hydrogen-bond donors (Lipinski definition) is 2. The smallest absolute Gasteiger partial charge is 0.231 e. The van der Waals surface area contributed by atoms with Gasteiger partial charge in [0.2, 0.25) is 10.0 Å². The van der Waals surface area contributed by atoms with Crippen molar-refractivity contribution in [2.75, 3.05) is 29.4 Å². The Kier molecular flexibility index (Phi) is 5.98. The van der Waals surface area contributed by atoms with Gasteiger partial charge in [-0.1, -0.05) is 11.3 Å². The Morgan fingerprint density at radius 3 is 2.66 bits per heavy atom. The molecule has 2 aromatic rings. The molecule has 3 aliphatic rings. The van der Waals surface area contributed by atoms with Crippen LogP contribution < -0.4 is 10.0 Å². The quantitative estimate of drug-likeness (QED) is 0.608. The highest BCUT2D eigenvalue weighted by molar-refractivity contribution is 7.92. The van der Waals surface area contributed by atoms with E-state index in [1.54, 1.807) is 0 Å². The van der Waals surface area contributed by atoms with Gasteiger partial charge >= 0.3 is 0 Å². The van der Waals surface area contributed by atoms with Gasteiger partial charge in [-0.25, -0.2) is 18.4 Å². The lowest BCUT2D eigenvalue weighted by atomic mass is 10.0. The van der Waals surface area contributed by atoms with Gasteiger partial charge in [-0.3, -0.25) is 14.5 Å². The summed E-state index contributed by atoms with van der Waals surface area (Å²) in [6.45, 7) is 9.45. The maximum atomic E-state index is 11.5. The zero-order valence-electron chi connectivity index (χ0n) is 19.1. The minimum atomic E-state index is -3.29. The van der Waals surface area contributed by atoms with E-state index in [9.17, 15) is 8.42 Å². The molecule has 5 rings (SSSR count). The predicted molar refractivity (Wildman–Crippen MR) is 131 cm³/mol. The molecule has 176 valence electrons. The van der Waals surface area contributed by atoms with Gasteiger partial charge in [-0.05, 0) is 33.6 Å². The van der Waals surface area contributed by atoms with Gasteiger partial charge in [0.1, 0.15) is 0 Å². The van der Waals surface area contributed by atoms with Crippen LogP contribution in [-0.2, 0) is 29.4 Å². The summed E-state index contributed by atoms with van der Waals surface area (Å²) in [6, 6.07) is 2.14. The third-order valence-electron chi connectivity index (χ3n) is 6.82. The van der Waals surface area contributed by atoms with Crippen LogP contribution in [0.4, 0.5) is 10.3 Å². The summed E-state index contributed by atoms with van der Waals surface area (Å²) in [5.74, 6) is 0. The Morgan fingerprint density at radius 1 is 1.12 bits per heavy atom. The molecule has 5 heterocycles. The lowest BCUT2D eigenvalue weighted by Gasteiger charge is -2.36. The van der Waals surface area contributed by atoms with E-state index in [2.05, 4.69) is 45.6 Å². The fourth-order valence-electron chi connectivity index (χ4n) is 5.39. The normalized spacial score (nSPS) is 24.4. The molecule has 32 heavy (non-hydrogen) atoms. The molecule has 3 aliphatic heterocycles. The second-order valence-corrected chi connectivity index (χ2v) is 13.4. The fourth-order valence-corrected chi connectivity index (χ4v) is 8.40. The third kappa shape index (κ3) is 4.42. The minimum absolute atomic E-state index is 0.348. The first-order valence-corrected chi connectivity index (χ1v) is 14.9. The van der Waals surface area contributed by atoms with Crippen LogP contribution in [0.25, 0.3) is 0 Å². The highest BCUT2D eigenvalue weighted by Gasteiger charge is 2.43. The molecule has 2 bridgehead atoms. The summed E-state index contributed by atoms with van der Waals surface area (Å²) in [4.78, 5) is 17.2. The summed E-state index contributed by atoms with van der Waals surface area (Å²) in [5, 5.41) is 5.13. The van der Waals surface area contributed by atoms with Crippen LogP contribution in [0.3, 0.4) is 0 Å². The number of aromatic nitrogens is 2. The SMILES string of the molecule is CC(CNc1nc2c(s1)C1CCC(C2)N1C(C)C)N1CCc2nc(NS(C)(=O)=O)sc2C1. The summed E-state index contributed by atoms with van der Waals surface area (Å²) < 4.78 is 25.5. The van der Waals surface area contributed by atoms with Crippen molar-refractivity contribution in [2.45, 2.75) is 77.2 Å². The number of nitrogens with zero attached hydrogens (tertiary/aromatic N) is 4. The van der Waals surface area contributed by atoms with Crippen LogP contribution in [-0.4, -0.2) is 65.7 Å². The van der Waals surface area contributed by atoms with Gasteiger partial charge in [0.25, 0.3) is 0 Å². The maximum Gasteiger partial charge on any atom is 0.231 e. The van der Waals surface area contributed by atoms with Crippen molar-refractivity contribution in [3.05, 3.63) is 21.1 Å². The summed E-state index contributed by atoms with van der Waals surface area (Å²) in [5.41, 5.74) is 2.34. The standard InChI is InChI=1S/C21H32N6O2S3/c1-12(2)27-14-5-6-17(27)19-16(9-14)24-20(31-19)22-10-13(3)26-8-7-15-18(11-26)30-21(23-15)25-32(4,28)29/h12-14,17H,5-11H2,1-4H3,(H,22,24)(H,23,25). The summed E-state index contributed by atoms with van der Waals surface area (Å²) in [6.07, 6.45) is 5.65. The van der Waals surface area contributed by atoms with Crippen LogP contribution in [0.15, 0.2) is 0 Å². The van der Waals surface area contributed by atoms with Crippen LogP contribution in [0, 0.1) is 0 Å². The van der Waals surface area contributed by atoms with Crippen LogP contribution in [0.1, 0.15) is 60.8 Å². The molecule has 1 saturated heterocycles. The minimum Gasteiger partial charge on any atom is -0.360 e. The van der Waals surface area contributed by atoms with Crippen molar-refractivity contribution in [3.8, 4) is 0 Å². The van der Waals surface area contributed by atoms with E-state index in [0.717, 1.165) is 54.4 Å². The number of thiazole rings is 2. The molecule has 0 aromatic carbocycles. The topological polar surface area (TPSA) is 90.5 Å². The summed E-state index contributed by atoms with van der Waals surface area (Å²) >= 11 is 3.29. The largest absolute Gasteiger partial charge is 0.360 e. The predicted octanol–water partition coefficient (Wildman–Crippen LogP) is 3.30. The van der Waals surface area contributed by atoms with Crippen molar-refractivity contribution in [2.24, 2.45) is 0 Å². The zero-order valence-corrected chi connectivity index (χ0v) is 21.5. The molecule has 0 amide bonds. The maximum absolute atomic E-state index is 11.5. The van der Waals surface area contributed by atoms with Gasteiger partial charge in [0.15, 0.2) is 10.3 Å². The lowest BCUT2D eigenvalue weighted by molar-refractivity contribution is 0.136. The molecule has 8 nitrogen and oxygen atoms in total. The Balaban J connectivity index is 1.20. The average molecular weight is 497 g/mol. The fraction of sp³-hybridized carbons (Fsp3) is 0.714. The van der Waals surface area contributed by atoms with Gasteiger partial charge in [-0.15, -0.1) is 11.3 Å². The molecule has 11 heteroatoms. The van der Waals surface area contributed by atoms with Crippen molar-refractivity contribution >= 4 is 43.0 Å². The van der Waals surface area contributed by atoms with E-state index >= 15 is 0 Å². The van der Waals surface area contributed by atoms with E-state index in [1.165, 1.54) is 34.7 Å². The molecular weight excluding hydrogens is 464 g/mol. The molecule has 0 saturated carbocycles. The number of anilines is 2. The van der Waals surface area contributed by atoms with Crippen LogP contribution in [0.2, 0.25) is 0 Å². The number of rotatable bonds is 7. The highest BCUT2D eigenvalue weighted by atomic mass is 32.2. The van der Waals surface area contributed by atoms with Crippen molar-refractivity contribution in [3.63, 3.8) is 0 Å². The average Bonchev–Trinajstić information content (AvgIpc) is 3.39. The van der Waals surface area contributed by atoms with Crippen LogP contribution >= 0.6 is 22.7 Å². The Labute approximate surface area is 198 Å². The zero-order chi connectivity index (χ0) is 22.6. The van der Waals surface area contributed by atoms with Gasteiger partial charge in [0.05, 0.1) is 17.6 Å². The monoisotopic (exact) mass is 496 g/mol. The Bertz CT molecular complexity index is 1100. The van der Waals surface area contributed by atoms with E-state index in [4.69, 9.17) is 4.98 Å². The molecular formula is C21H32N6O2S3. The van der Waals surface area contributed by atoms with Gasteiger partial charge in [0, 0.05) is 66.4 Å². The first-order valence-electron chi connectivity index (χ1n) is 11.4. The molecule has 0 spiro atoms. The molecule has 0 aliphatic carbocycles. The number of fused-ring (bicyclic) bond motifs is 5. The second-order valence-electron chi connectivity index (χ2n) is 9.54. The lowest BCUT2D eigenvalue weighted by Crippen LogP contribution is -2.41. The van der Waals surface area contributed by atoms with E-state index in [-0.39, 0.29) is 0 Å². The van der Waals surface area contributed by atoms with Crippen molar-refractivity contribution < 1.29 is 8.42 Å². The van der Waals surface area contributed by atoms with E-state index < -0.39 is 10.0 Å². The van der Waals surface area contributed by atoms with E-state index in [1.807, 2.05) is 11.3 Å². The molecule has 2 aromatic heterocycles. The number of sulfonamides is 1. The third-order valence-corrected chi connectivity index (χ3v) is 9.66. The highest BCUT2D eigenvalue weighted by Crippen LogP contribution is 2.47. The van der Waals surface area contributed by atoms with Crippen molar-refractivity contribution in [1.82, 2.24) is 19.8 Å². The first-order chi connectivity index (χ1) is 15.2. The van der Waals surface area contributed by atoms with Crippen LogP contribution in [0.5, 0.6) is 0 Å². The Morgan fingerprint density at radius 2 is 1.91 bits per heavy atom. The number of hydrogen-bond acceptors (Lipinski definition) is 9. The van der Waals surface area contributed by atoms with Gasteiger partial charge < -0.3 is 5.32 Å².